The van der Waals surface area contributed by atoms with E-state index < -0.39 is 0 Å². The number of hydrogen-bond donors (Lipinski definition) is 3. The first-order chi connectivity index (χ1) is 8.70. The van der Waals surface area contributed by atoms with Gasteiger partial charge in [0.2, 0.25) is 5.91 Å². The minimum Gasteiger partial charge on any atom is -0.352 e. The highest BCUT2D eigenvalue weighted by molar-refractivity contribution is 6.01. The normalized spacial score (nSPS) is 13.1. The van der Waals surface area contributed by atoms with Crippen molar-refractivity contribution in [3.05, 3.63) is 29.3 Å². The fraction of sp³-hybridized carbons (Fsp3) is 0.385. The van der Waals surface area contributed by atoms with E-state index >= 15 is 0 Å². The van der Waals surface area contributed by atoms with Crippen LogP contribution in [0.5, 0.6) is 0 Å². The van der Waals surface area contributed by atoms with Gasteiger partial charge in [-0.1, -0.05) is 0 Å². The van der Waals surface area contributed by atoms with Gasteiger partial charge in [0.05, 0.1) is 6.42 Å². The van der Waals surface area contributed by atoms with Gasteiger partial charge < -0.3 is 16.0 Å². The maximum Gasteiger partial charge on any atom is 0.251 e. The Morgan fingerprint density at radius 1 is 1.39 bits per heavy atom. The average Bonchev–Trinajstić information content (AvgIpc) is 2.73. The van der Waals surface area contributed by atoms with Gasteiger partial charge in [0, 0.05) is 17.8 Å². The minimum absolute atomic E-state index is 0.0171. The van der Waals surface area contributed by atoms with Gasteiger partial charge in [0.15, 0.2) is 0 Å². The minimum atomic E-state index is -0.0896. The molecule has 0 saturated carbocycles. The molecular formula is C13H17N3O2. The summed E-state index contributed by atoms with van der Waals surface area (Å²) in [5.41, 5.74) is 2.31. The lowest BCUT2D eigenvalue weighted by Crippen LogP contribution is -2.26. The van der Waals surface area contributed by atoms with E-state index in [4.69, 9.17) is 0 Å². The van der Waals surface area contributed by atoms with Crippen molar-refractivity contribution in [3.8, 4) is 0 Å². The van der Waals surface area contributed by atoms with E-state index in [1.54, 1.807) is 18.2 Å². The SMILES string of the molecule is CNCCCNC(=O)c1ccc2c(c1)CC(=O)N2. The number of hydrogen-bond acceptors (Lipinski definition) is 3. The van der Waals surface area contributed by atoms with Crippen LogP contribution in [0.15, 0.2) is 18.2 Å². The summed E-state index contributed by atoms with van der Waals surface area (Å²) < 4.78 is 0. The van der Waals surface area contributed by atoms with E-state index in [0.29, 0.717) is 18.5 Å². The summed E-state index contributed by atoms with van der Waals surface area (Å²) in [6, 6.07) is 5.29. The fourth-order valence-corrected chi connectivity index (χ4v) is 1.94. The van der Waals surface area contributed by atoms with Gasteiger partial charge in [-0.15, -0.1) is 0 Å². The van der Waals surface area contributed by atoms with Crippen LogP contribution in [0.3, 0.4) is 0 Å². The van der Waals surface area contributed by atoms with Crippen LogP contribution in [0.2, 0.25) is 0 Å². The van der Waals surface area contributed by atoms with Gasteiger partial charge in [-0.3, -0.25) is 9.59 Å². The van der Waals surface area contributed by atoms with Crippen LogP contribution in [0.25, 0.3) is 0 Å². The Kier molecular flexibility index (Phi) is 3.94. The maximum absolute atomic E-state index is 11.9. The second kappa shape index (κ2) is 5.64. The highest BCUT2D eigenvalue weighted by Crippen LogP contribution is 2.23. The van der Waals surface area contributed by atoms with Gasteiger partial charge in [0.25, 0.3) is 5.91 Å². The van der Waals surface area contributed by atoms with E-state index in [-0.39, 0.29) is 11.8 Å². The molecule has 0 saturated heterocycles. The third-order valence-electron chi connectivity index (χ3n) is 2.88. The van der Waals surface area contributed by atoms with E-state index in [1.807, 2.05) is 7.05 Å². The topological polar surface area (TPSA) is 70.2 Å². The molecule has 96 valence electrons. The molecule has 5 nitrogen and oxygen atoms in total. The molecule has 1 aromatic carbocycles. The Balaban J connectivity index is 1.95. The quantitative estimate of drug-likeness (QED) is 0.664. The predicted molar refractivity (Wildman–Crippen MR) is 69.7 cm³/mol. The largest absolute Gasteiger partial charge is 0.352 e. The van der Waals surface area contributed by atoms with Crippen LogP contribution in [0.4, 0.5) is 5.69 Å². The van der Waals surface area contributed by atoms with E-state index in [9.17, 15) is 9.59 Å². The van der Waals surface area contributed by atoms with Gasteiger partial charge in [-0.05, 0) is 43.8 Å². The molecule has 5 heteroatoms. The number of carbonyl (C=O) groups excluding carboxylic acids is 2. The highest BCUT2D eigenvalue weighted by atomic mass is 16.2. The van der Waals surface area contributed by atoms with E-state index in [0.717, 1.165) is 24.2 Å². The molecule has 2 rings (SSSR count). The summed E-state index contributed by atoms with van der Waals surface area (Å²) in [5, 5.41) is 8.62. The lowest BCUT2D eigenvalue weighted by molar-refractivity contribution is -0.115. The third kappa shape index (κ3) is 2.87. The smallest absolute Gasteiger partial charge is 0.251 e. The zero-order valence-corrected chi connectivity index (χ0v) is 10.4. The molecule has 0 unspecified atom stereocenters. The van der Waals surface area contributed by atoms with Crippen molar-refractivity contribution in [2.45, 2.75) is 12.8 Å². The summed E-state index contributed by atoms with van der Waals surface area (Å²) in [7, 11) is 1.88. The summed E-state index contributed by atoms with van der Waals surface area (Å²) in [6.07, 6.45) is 1.25. The van der Waals surface area contributed by atoms with Crippen molar-refractivity contribution in [1.82, 2.24) is 10.6 Å². The van der Waals surface area contributed by atoms with Crippen molar-refractivity contribution in [3.63, 3.8) is 0 Å². The monoisotopic (exact) mass is 247 g/mol. The summed E-state index contributed by atoms with van der Waals surface area (Å²) in [4.78, 5) is 23.1. The molecule has 18 heavy (non-hydrogen) atoms. The Morgan fingerprint density at radius 3 is 3.00 bits per heavy atom. The molecule has 0 atom stereocenters. The van der Waals surface area contributed by atoms with Crippen molar-refractivity contribution in [1.29, 1.82) is 0 Å². The van der Waals surface area contributed by atoms with Crippen LogP contribution >= 0.6 is 0 Å². The highest BCUT2D eigenvalue weighted by Gasteiger charge is 2.18. The molecule has 3 N–H and O–H groups in total. The second-order valence-corrected chi connectivity index (χ2v) is 4.31. The van der Waals surface area contributed by atoms with Gasteiger partial charge >= 0.3 is 0 Å². The molecule has 2 amide bonds. The van der Waals surface area contributed by atoms with Crippen molar-refractivity contribution in [2.24, 2.45) is 0 Å². The number of benzene rings is 1. The third-order valence-corrected chi connectivity index (χ3v) is 2.88. The zero-order chi connectivity index (χ0) is 13.0. The summed E-state index contributed by atoms with van der Waals surface area (Å²) in [6.45, 7) is 1.52. The Morgan fingerprint density at radius 2 is 2.22 bits per heavy atom. The molecular weight excluding hydrogens is 230 g/mol. The molecule has 0 aliphatic carbocycles. The van der Waals surface area contributed by atoms with Crippen molar-refractivity contribution in [2.75, 3.05) is 25.5 Å². The first-order valence-corrected chi connectivity index (χ1v) is 6.06. The predicted octanol–water partition coefficient (Wildman–Crippen LogP) is 0.520. The van der Waals surface area contributed by atoms with E-state index in [1.165, 1.54) is 0 Å². The number of rotatable bonds is 5. The van der Waals surface area contributed by atoms with Crippen LogP contribution in [0.1, 0.15) is 22.3 Å². The van der Waals surface area contributed by atoms with Crippen LogP contribution in [-0.2, 0) is 11.2 Å². The van der Waals surface area contributed by atoms with Gasteiger partial charge in [-0.2, -0.15) is 0 Å². The molecule has 1 aliphatic rings. The standard InChI is InChI=1S/C13H17N3O2/c1-14-5-2-6-15-13(18)9-3-4-11-10(7-9)8-12(17)16-11/h3-4,7,14H,2,5-6,8H2,1H3,(H,15,18)(H,16,17). The number of anilines is 1. The van der Waals surface area contributed by atoms with Crippen LogP contribution in [-0.4, -0.2) is 32.0 Å². The fourth-order valence-electron chi connectivity index (χ4n) is 1.94. The first-order valence-electron chi connectivity index (χ1n) is 6.06. The van der Waals surface area contributed by atoms with Gasteiger partial charge in [0.1, 0.15) is 0 Å². The maximum atomic E-state index is 11.9. The average molecular weight is 247 g/mol. The van der Waals surface area contributed by atoms with Crippen molar-refractivity contribution < 1.29 is 9.59 Å². The van der Waals surface area contributed by atoms with Gasteiger partial charge in [-0.25, -0.2) is 0 Å². The first kappa shape index (κ1) is 12.6. The van der Waals surface area contributed by atoms with Crippen LogP contribution < -0.4 is 16.0 Å². The second-order valence-electron chi connectivity index (χ2n) is 4.31. The lowest BCUT2D eigenvalue weighted by atomic mass is 10.1. The molecule has 0 radical (unpaired) electrons. The zero-order valence-electron chi connectivity index (χ0n) is 10.4. The molecule has 0 bridgehead atoms. The number of amides is 2. The lowest BCUT2D eigenvalue weighted by Gasteiger charge is -2.06. The Bertz CT molecular complexity index is 471. The van der Waals surface area contributed by atoms with E-state index in [2.05, 4.69) is 16.0 Å². The Labute approximate surface area is 106 Å². The molecule has 0 aromatic heterocycles. The number of fused-ring (bicyclic) bond motifs is 1. The molecule has 0 spiro atoms. The summed E-state index contributed by atoms with van der Waals surface area (Å²) >= 11 is 0. The Hall–Kier alpha value is -1.88. The number of carbonyl (C=O) groups is 2. The molecule has 1 aliphatic heterocycles. The summed E-state index contributed by atoms with van der Waals surface area (Å²) in [5.74, 6) is -0.107. The number of nitrogens with one attached hydrogen (secondary N) is 3. The van der Waals surface area contributed by atoms with Crippen molar-refractivity contribution >= 4 is 17.5 Å². The molecule has 1 heterocycles. The molecule has 0 fully saturated rings. The van der Waals surface area contributed by atoms with Crippen LogP contribution in [0, 0.1) is 0 Å². The molecule has 1 aromatic rings.